The van der Waals surface area contributed by atoms with E-state index in [1.807, 2.05) is 0 Å². The molecule has 0 fully saturated rings. The van der Waals surface area contributed by atoms with Crippen molar-refractivity contribution in [3.05, 3.63) is 36.5 Å². The molecule has 1 atom stereocenters. The molecule has 0 rings (SSSR count). The molecule has 0 amide bonds. The highest BCUT2D eigenvalue weighted by atomic mass is 16.6. The average Bonchev–Trinajstić information content (AvgIpc) is 3.21. The van der Waals surface area contributed by atoms with Gasteiger partial charge in [-0.1, -0.05) is 173 Å². The Morgan fingerprint density at radius 2 is 0.579 bits per heavy atom. The van der Waals surface area contributed by atoms with Crippen LogP contribution in [-0.4, -0.2) is 37.2 Å². The van der Waals surface area contributed by atoms with Crippen molar-refractivity contribution in [3.8, 4) is 0 Å². The SMILES string of the molecule is CCCCC/C=C\CCCCCCCC(=O)OCC(COC(=O)CCCCCCC/C=C\CCCCCCCC)OC(=O)CCCCCCC/C=C\CCCCC. The number of carbonyl (C=O) groups excluding carboxylic acids is 3. The molecule has 0 aromatic rings. The van der Waals surface area contributed by atoms with Crippen LogP contribution >= 0.6 is 0 Å². The minimum absolute atomic E-state index is 0.0814. The summed E-state index contributed by atoms with van der Waals surface area (Å²) in [7, 11) is 0. The summed E-state index contributed by atoms with van der Waals surface area (Å²) in [6.07, 6.45) is 52.6. The molecule has 332 valence electrons. The molecule has 6 nitrogen and oxygen atoms in total. The van der Waals surface area contributed by atoms with Crippen molar-refractivity contribution >= 4 is 17.9 Å². The monoisotopic (exact) mass is 801 g/mol. The molecular weight excluding hydrogens is 709 g/mol. The summed E-state index contributed by atoms with van der Waals surface area (Å²) in [5.74, 6) is -0.903. The zero-order valence-corrected chi connectivity index (χ0v) is 37.9. The maximum absolute atomic E-state index is 12.7. The van der Waals surface area contributed by atoms with E-state index in [2.05, 4.69) is 57.2 Å². The number of hydrogen-bond donors (Lipinski definition) is 0. The Morgan fingerprint density at radius 3 is 0.912 bits per heavy atom. The molecule has 0 aromatic carbocycles. The third kappa shape index (κ3) is 44.6. The Kier molecular flexibility index (Phi) is 44.4. The van der Waals surface area contributed by atoms with E-state index in [-0.39, 0.29) is 31.1 Å². The molecule has 6 heteroatoms. The second-order valence-electron chi connectivity index (χ2n) is 16.4. The van der Waals surface area contributed by atoms with E-state index in [1.165, 1.54) is 128 Å². The predicted octanol–water partition coefficient (Wildman–Crippen LogP) is 15.8. The highest BCUT2D eigenvalue weighted by Gasteiger charge is 2.19. The van der Waals surface area contributed by atoms with Gasteiger partial charge < -0.3 is 14.2 Å². The third-order valence-corrected chi connectivity index (χ3v) is 10.6. The molecule has 1 unspecified atom stereocenters. The smallest absolute Gasteiger partial charge is 0.306 e. The van der Waals surface area contributed by atoms with E-state index in [4.69, 9.17) is 14.2 Å². The summed E-state index contributed by atoms with van der Waals surface area (Å²) in [5.41, 5.74) is 0. The number of unbranched alkanes of at least 4 members (excludes halogenated alkanes) is 27. The summed E-state index contributed by atoms with van der Waals surface area (Å²) < 4.78 is 16.7. The summed E-state index contributed by atoms with van der Waals surface area (Å²) in [6, 6.07) is 0. The van der Waals surface area contributed by atoms with Crippen molar-refractivity contribution in [3.63, 3.8) is 0 Å². The molecule has 0 bridgehead atoms. The molecule has 0 heterocycles. The quantitative estimate of drug-likeness (QED) is 0.0264. The van der Waals surface area contributed by atoms with Gasteiger partial charge in [-0.2, -0.15) is 0 Å². The molecule has 0 aliphatic rings. The standard InChI is InChI=1S/C51H92O6/c1-4-7-10-13-16-19-22-25-26-27-30-32-35-38-41-44-50(53)56-47-48(57-51(54)45-42-39-36-33-29-24-21-18-15-12-9-6-3)46-55-49(52)43-40-37-34-31-28-23-20-17-14-11-8-5-2/h17-18,20-21,25-26,48H,4-16,19,22-24,27-47H2,1-3H3/b20-17-,21-18-,26-25-. The van der Waals surface area contributed by atoms with Crippen LogP contribution in [0, 0.1) is 0 Å². The van der Waals surface area contributed by atoms with Crippen LogP contribution < -0.4 is 0 Å². The molecule has 0 aliphatic carbocycles. The van der Waals surface area contributed by atoms with Gasteiger partial charge in [0.1, 0.15) is 13.2 Å². The van der Waals surface area contributed by atoms with E-state index < -0.39 is 6.10 Å². The molecule has 0 radical (unpaired) electrons. The zero-order valence-electron chi connectivity index (χ0n) is 37.9. The van der Waals surface area contributed by atoms with Gasteiger partial charge in [0, 0.05) is 19.3 Å². The van der Waals surface area contributed by atoms with Gasteiger partial charge in [-0.25, -0.2) is 0 Å². The number of carbonyl (C=O) groups is 3. The largest absolute Gasteiger partial charge is 0.462 e. The lowest BCUT2D eigenvalue weighted by atomic mass is 10.1. The van der Waals surface area contributed by atoms with Gasteiger partial charge in [-0.3, -0.25) is 14.4 Å². The third-order valence-electron chi connectivity index (χ3n) is 10.6. The van der Waals surface area contributed by atoms with Crippen molar-refractivity contribution in [2.24, 2.45) is 0 Å². The Morgan fingerprint density at radius 1 is 0.333 bits per heavy atom. The lowest BCUT2D eigenvalue weighted by molar-refractivity contribution is -0.167. The summed E-state index contributed by atoms with van der Waals surface area (Å²) in [6.45, 7) is 6.57. The maximum Gasteiger partial charge on any atom is 0.306 e. The predicted molar refractivity (Wildman–Crippen MR) is 242 cm³/mol. The molecule has 0 aliphatic heterocycles. The van der Waals surface area contributed by atoms with Crippen LogP contribution in [0.3, 0.4) is 0 Å². The molecule has 0 spiro atoms. The van der Waals surface area contributed by atoms with Crippen molar-refractivity contribution in [1.82, 2.24) is 0 Å². The fourth-order valence-corrected chi connectivity index (χ4v) is 6.84. The van der Waals surface area contributed by atoms with Crippen LogP contribution in [0.15, 0.2) is 36.5 Å². The first kappa shape index (κ1) is 54.6. The number of esters is 3. The second kappa shape index (κ2) is 46.3. The molecule has 57 heavy (non-hydrogen) atoms. The first-order valence-electron chi connectivity index (χ1n) is 24.5. The zero-order chi connectivity index (χ0) is 41.5. The van der Waals surface area contributed by atoms with Crippen molar-refractivity contribution < 1.29 is 28.6 Å². The fraction of sp³-hybridized carbons (Fsp3) is 0.824. The first-order valence-corrected chi connectivity index (χ1v) is 24.5. The van der Waals surface area contributed by atoms with Crippen LogP contribution in [0.1, 0.15) is 252 Å². The van der Waals surface area contributed by atoms with Crippen LogP contribution in [0.4, 0.5) is 0 Å². The number of allylic oxidation sites excluding steroid dienone is 6. The molecule has 0 N–H and O–H groups in total. The normalized spacial score (nSPS) is 12.3. The van der Waals surface area contributed by atoms with Gasteiger partial charge in [0.2, 0.25) is 0 Å². The Bertz CT molecular complexity index is 969. The van der Waals surface area contributed by atoms with Crippen LogP contribution in [-0.2, 0) is 28.6 Å². The Balaban J connectivity index is 4.38. The van der Waals surface area contributed by atoms with Crippen LogP contribution in [0.25, 0.3) is 0 Å². The maximum atomic E-state index is 12.7. The minimum atomic E-state index is -0.779. The van der Waals surface area contributed by atoms with Gasteiger partial charge in [0.25, 0.3) is 0 Å². The van der Waals surface area contributed by atoms with E-state index in [9.17, 15) is 14.4 Å². The highest BCUT2D eigenvalue weighted by molar-refractivity contribution is 5.71. The van der Waals surface area contributed by atoms with Gasteiger partial charge in [0.15, 0.2) is 6.10 Å². The second-order valence-corrected chi connectivity index (χ2v) is 16.4. The van der Waals surface area contributed by atoms with Crippen LogP contribution in [0.5, 0.6) is 0 Å². The van der Waals surface area contributed by atoms with Gasteiger partial charge in [-0.05, 0) is 96.3 Å². The van der Waals surface area contributed by atoms with E-state index in [0.717, 1.165) is 83.5 Å². The average molecular weight is 801 g/mol. The van der Waals surface area contributed by atoms with E-state index in [1.54, 1.807) is 0 Å². The van der Waals surface area contributed by atoms with Crippen LogP contribution in [0.2, 0.25) is 0 Å². The molecule has 0 saturated carbocycles. The molecule has 0 saturated heterocycles. The summed E-state index contributed by atoms with van der Waals surface area (Å²) >= 11 is 0. The van der Waals surface area contributed by atoms with Crippen molar-refractivity contribution in [2.45, 2.75) is 258 Å². The number of ether oxygens (including phenoxy) is 3. The van der Waals surface area contributed by atoms with Crippen molar-refractivity contribution in [1.29, 1.82) is 0 Å². The minimum Gasteiger partial charge on any atom is -0.462 e. The van der Waals surface area contributed by atoms with Gasteiger partial charge in [0.05, 0.1) is 0 Å². The van der Waals surface area contributed by atoms with Gasteiger partial charge in [-0.15, -0.1) is 0 Å². The van der Waals surface area contributed by atoms with E-state index >= 15 is 0 Å². The lowest BCUT2D eigenvalue weighted by Gasteiger charge is -2.18. The number of rotatable bonds is 44. The Hall–Kier alpha value is -2.37. The van der Waals surface area contributed by atoms with E-state index in [0.29, 0.717) is 19.3 Å². The molecular formula is C51H92O6. The number of hydrogen-bond acceptors (Lipinski definition) is 6. The fourth-order valence-electron chi connectivity index (χ4n) is 6.84. The summed E-state index contributed by atoms with van der Waals surface area (Å²) in [5, 5.41) is 0. The first-order chi connectivity index (χ1) is 28.0. The van der Waals surface area contributed by atoms with Gasteiger partial charge >= 0.3 is 17.9 Å². The Labute approximate surface area is 353 Å². The highest BCUT2D eigenvalue weighted by Crippen LogP contribution is 2.14. The topological polar surface area (TPSA) is 78.9 Å². The lowest BCUT2D eigenvalue weighted by Crippen LogP contribution is -2.30. The van der Waals surface area contributed by atoms with Crippen molar-refractivity contribution in [2.75, 3.05) is 13.2 Å². The molecule has 0 aromatic heterocycles. The summed E-state index contributed by atoms with van der Waals surface area (Å²) in [4.78, 5) is 37.8.